The van der Waals surface area contributed by atoms with Crippen LogP contribution in [0.3, 0.4) is 0 Å². The van der Waals surface area contributed by atoms with Crippen molar-refractivity contribution in [3.05, 3.63) is 12.2 Å². The van der Waals surface area contributed by atoms with Gasteiger partial charge in [-0.2, -0.15) is 0 Å². The van der Waals surface area contributed by atoms with E-state index in [0.717, 1.165) is 24.8 Å². The summed E-state index contributed by atoms with van der Waals surface area (Å²) in [6, 6.07) is 0. The van der Waals surface area contributed by atoms with E-state index in [1.54, 1.807) is 0 Å². The van der Waals surface area contributed by atoms with Gasteiger partial charge in [-0.15, -0.1) is 0 Å². The fourth-order valence-electron chi connectivity index (χ4n) is 1.15. The molecule has 1 N–H and O–H groups in total. The fourth-order valence-corrected chi connectivity index (χ4v) is 1.15. The first-order chi connectivity index (χ1) is 6.57. The molecule has 0 spiro atoms. The Morgan fingerprint density at radius 2 is 2.21 bits per heavy atom. The summed E-state index contributed by atoms with van der Waals surface area (Å²) in [5.41, 5.74) is 0.743. The third-order valence-electron chi connectivity index (χ3n) is 2.07. The number of hydrogen-bond donors (Lipinski definition) is 1. The van der Waals surface area contributed by atoms with Crippen molar-refractivity contribution < 1.29 is 14.6 Å². The number of aliphatic hydroxyl groups is 1. The molecule has 14 heavy (non-hydrogen) atoms. The lowest BCUT2D eigenvalue weighted by Gasteiger charge is -2.12. The minimum atomic E-state index is -0.715. The smallest absolute Gasteiger partial charge is 0.293 e. The Labute approximate surface area is 85.8 Å². The molecule has 3 heteroatoms. The Morgan fingerprint density at radius 3 is 2.71 bits per heavy atom. The van der Waals surface area contributed by atoms with Crippen LogP contribution in [0.15, 0.2) is 12.2 Å². The maximum Gasteiger partial charge on any atom is 0.293 e. The molecule has 0 bridgehead atoms. The van der Waals surface area contributed by atoms with Gasteiger partial charge in [-0.1, -0.05) is 26.8 Å². The van der Waals surface area contributed by atoms with Crippen LogP contribution in [0.1, 0.15) is 33.1 Å². The number of carbonyl (C=O) groups excluding carboxylic acids is 1. The van der Waals surface area contributed by atoms with Crippen molar-refractivity contribution >= 4 is 6.47 Å². The molecule has 1 unspecified atom stereocenters. The van der Waals surface area contributed by atoms with E-state index in [4.69, 9.17) is 0 Å². The second-order valence-corrected chi connectivity index (χ2v) is 3.89. The Balaban J connectivity index is 3.56. The zero-order chi connectivity index (χ0) is 11.0. The van der Waals surface area contributed by atoms with Crippen molar-refractivity contribution in [3.63, 3.8) is 0 Å². The third-order valence-corrected chi connectivity index (χ3v) is 2.07. The first-order valence-electron chi connectivity index (χ1n) is 4.99. The number of hydrogen-bond acceptors (Lipinski definition) is 3. The van der Waals surface area contributed by atoms with Crippen LogP contribution in [-0.4, -0.2) is 24.3 Å². The summed E-state index contributed by atoms with van der Waals surface area (Å²) >= 11 is 0. The largest absolute Gasteiger partial charge is 0.465 e. The van der Waals surface area contributed by atoms with Gasteiger partial charge < -0.3 is 9.84 Å². The van der Waals surface area contributed by atoms with E-state index in [1.165, 1.54) is 0 Å². The highest BCUT2D eigenvalue weighted by Gasteiger charge is 2.08. The minimum Gasteiger partial charge on any atom is -0.465 e. The second kappa shape index (κ2) is 7.56. The molecule has 0 aliphatic carbocycles. The summed E-state index contributed by atoms with van der Waals surface area (Å²) in [7, 11) is 0. The van der Waals surface area contributed by atoms with Crippen molar-refractivity contribution in [3.8, 4) is 0 Å². The van der Waals surface area contributed by atoms with E-state index >= 15 is 0 Å². The molecule has 0 aromatic carbocycles. The molecule has 0 heterocycles. The zero-order valence-corrected chi connectivity index (χ0v) is 9.03. The molecule has 0 rings (SSSR count). The Hall–Kier alpha value is -0.830. The monoisotopic (exact) mass is 200 g/mol. The van der Waals surface area contributed by atoms with Crippen LogP contribution >= 0.6 is 0 Å². The van der Waals surface area contributed by atoms with Gasteiger partial charge in [-0.3, -0.25) is 4.79 Å². The van der Waals surface area contributed by atoms with Crippen molar-refractivity contribution in [2.75, 3.05) is 6.61 Å². The molecule has 0 aromatic heterocycles. The molecule has 82 valence electrons. The average molecular weight is 200 g/mol. The van der Waals surface area contributed by atoms with Gasteiger partial charge in [0.1, 0.15) is 12.7 Å². The number of aliphatic hydroxyl groups excluding tert-OH is 1. The maximum atomic E-state index is 9.87. The minimum absolute atomic E-state index is 0.0179. The Kier molecular flexibility index (Phi) is 7.11. The van der Waals surface area contributed by atoms with Gasteiger partial charge in [0.15, 0.2) is 0 Å². The van der Waals surface area contributed by atoms with Crippen molar-refractivity contribution in [1.29, 1.82) is 0 Å². The van der Waals surface area contributed by atoms with Crippen molar-refractivity contribution in [1.82, 2.24) is 0 Å². The van der Waals surface area contributed by atoms with E-state index < -0.39 is 6.10 Å². The normalized spacial score (nSPS) is 12.6. The molecule has 0 saturated carbocycles. The number of carbonyl (C=O) groups is 1. The lowest BCUT2D eigenvalue weighted by Crippen LogP contribution is -2.17. The van der Waals surface area contributed by atoms with Crippen molar-refractivity contribution in [2.45, 2.75) is 39.2 Å². The van der Waals surface area contributed by atoms with Crippen LogP contribution in [0.2, 0.25) is 0 Å². The molecular formula is C11H20O3. The molecule has 1 atom stereocenters. The molecule has 0 fully saturated rings. The summed E-state index contributed by atoms with van der Waals surface area (Å²) < 4.78 is 4.45. The van der Waals surface area contributed by atoms with Crippen LogP contribution in [0, 0.1) is 5.92 Å². The van der Waals surface area contributed by atoms with Gasteiger partial charge in [0.2, 0.25) is 0 Å². The van der Waals surface area contributed by atoms with Gasteiger partial charge >= 0.3 is 0 Å². The van der Waals surface area contributed by atoms with Crippen LogP contribution < -0.4 is 0 Å². The highest BCUT2D eigenvalue weighted by Crippen LogP contribution is 2.13. The Morgan fingerprint density at radius 1 is 1.57 bits per heavy atom. The second-order valence-electron chi connectivity index (χ2n) is 3.89. The highest BCUT2D eigenvalue weighted by molar-refractivity contribution is 5.37. The summed E-state index contributed by atoms with van der Waals surface area (Å²) in [4.78, 5) is 9.87. The number of rotatable bonds is 8. The van der Waals surface area contributed by atoms with Crippen molar-refractivity contribution in [2.24, 2.45) is 5.92 Å². The van der Waals surface area contributed by atoms with Gasteiger partial charge in [0, 0.05) is 0 Å². The van der Waals surface area contributed by atoms with Gasteiger partial charge in [-0.25, -0.2) is 0 Å². The van der Waals surface area contributed by atoms with Crippen LogP contribution in [0.4, 0.5) is 0 Å². The average Bonchev–Trinajstić information content (AvgIpc) is 2.13. The summed E-state index contributed by atoms with van der Waals surface area (Å²) in [5, 5.41) is 9.43. The lowest BCUT2D eigenvalue weighted by molar-refractivity contribution is -0.130. The van der Waals surface area contributed by atoms with E-state index in [9.17, 15) is 9.90 Å². The maximum absolute atomic E-state index is 9.87. The summed E-state index contributed by atoms with van der Waals surface area (Å²) in [6.07, 6.45) is 2.23. The van der Waals surface area contributed by atoms with Crippen LogP contribution in [-0.2, 0) is 9.53 Å². The number of ether oxygens (including phenoxy) is 1. The SMILES string of the molecule is C=C(CCCC(C)C)C(O)COC=O. The van der Waals surface area contributed by atoms with E-state index in [-0.39, 0.29) is 6.61 Å². The summed E-state index contributed by atoms with van der Waals surface area (Å²) in [5.74, 6) is 0.672. The first kappa shape index (κ1) is 13.2. The molecule has 0 aliphatic heterocycles. The molecule has 0 aromatic rings. The third kappa shape index (κ3) is 6.66. The van der Waals surface area contributed by atoms with E-state index in [1.807, 2.05) is 0 Å². The standard InChI is InChI=1S/C11H20O3/c1-9(2)5-4-6-10(3)11(13)7-14-8-12/h8-9,11,13H,3-7H2,1-2H3. The highest BCUT2D eigenvalue weighted by atomic mass is 16.5. The quantitative estimate of drug-likeness (QED) is 0.481. The molecular weight excluding hydrogens is 180 g/mol. The predicted molar refractivity (Wildman–Crippen MR) is 55.9 cm³/mol. The van der Waals surface area contributed by atoms with E-state index in [0.29, 0.717) is 12.4 Å². The van der Waals surface area contributed by atoms with Crippen LogP contribution in [0.5, 0.6) is 0 Å². The Bertz CT molecular complexity index is 175. The van der Waals surface area contributed by atoms with Crippen LogP contribution in [0.25, 0.3) is 0 Å². The predicted octanol–water partition coefficient (Wildman–Crippen LogP) is 1.90. The molecule has 0 radical (unpaired) electrons. The van der Waals surface area contributed by atoms with Gasteiger partial charge in [0.25, 0.3) is 6.47 Å². The molecule has 3 nitrogen and oxygen atoms in total. The lowest BCUT2D eigenvalue weighted by atomic mass is 10.0. The molecule has 0 saturated heterocycles. The molecule has 0 aliphatic rings. The molecule has 0 amide bonds. The van der Waals surface area contributed by atoms with E-state index in [2.05, 4.69) is 25.2 Å². The topological polar surface area (TPSA) is 46.5 Å². The van der Waals surface area contributed by atoms with Gasteiger partial charge in [-0.05, 0) is 24.3 Å². The fraction of sp³-hybridized carbons (Fsp3) is 0.727. The first-order valence-corrected chi connectivity index (χ1v) is 4.99. The van der Waals surface area contributed by atoms with Gasteiger partial charge in [0.05, 0.1) is 0 Å². The zero-order valence-electron chi connectivity index (χ0n) is 9.03. The summed E-state index contributed by atoms with van der Waals surface area (Å²) in [6.45, 7) is 8.44.